The van der Waals surface area contributed by atoms with Crippen molar-refractivity contribution in [1.29, 1.82) is 0 Å². The summed E-state index contributed by atoms with van der Waals surface area (Å²) in [6.45, 7) is 10.4. The van der Waals surface area contributed by atoms with Gasteiger partial charge in [0.1, 0.15) is 17.4 Å². The molecule has 2 aromatic heterocycles. The highest BCUT2D eigenvalue weighted by Crippen LogP contribution is 2.21. The van der Waals surface area contributed by atoms with Crippen molar-refractivity contribution in [3.63, 3.8) is 0 Å². The van der Waals surface area contributed by atoms with Gasteiger partial charge in [0.15, 0.2) is 0 Å². The van der Waals surface area contributed by atoms with E-state index in [4.69, 9.17) is 4.52 Å². The largest absolute Gasteiger partial charge is 0.361 e. The van der Waals surface area contributed by atoms with E-state index in [1.54, 1.807) is 6.20 Å². The van der Waals surface area contributed by atoms with Gasteiger partial charge >= 0.3 is 6.03 Å². The van der Waals surface area contributed by atoms with E-state index in [0.717, 1.165) is 41.7 Å². The summed E-state index contributed by atoms with van der Waals surface area (Å²) in [5, 5.41) is 6.99. The lowest BCUT2D eigenvalue weighted by Crippen LogP contribution is -2.52. The summed E-state index contributed by atoms with van der Waals surface area (Å²) in [6.07, 6.45) is 1.77. The van der Waals surface area contributed by atoms with Crippen LogP contribution in [0, 0.1) is 20.8 Å². The smallest absolute Gasteiger partial charge is 0.317 e. The predicted octanol–water partition coefficient (Wildman–Crippen LogP) is 1.98. The second kappa shape index (κ2) is 7.08. The lowest BCUT2D eigenvalue weighted by atomic mass is 10.1. The SMILES string of the molecule is Cc1nccc(N2CCN(C(=O)N[C@H](C)c3c(C)noc3C)CC2)n1. The van der Waals surface area contributed by atoms with E-state index in [1.807, 2.05) is 38.7 Å². The molecule has 1 N–H and O–H groups in total. The van der Waals surface area contributed by atoms with Crippen LogP contribution < -0.4 is 10.2 Å². The molecular formula is C17H24N6O2. The van der Waals surface area contributed by atoms with Crippen LogP contribution in [0.3, 0.4) is 0 Å². The number of carbonyl (C=O) groups excluding carboxylic acids is 1. The van der Waals surface area contributed by atoms with Crippen molar-refractivity contribution in [3.8, 4) is 0 Å². The van der Waals surface area contributed by atoms with Crippen LogP contribution in [-0.2, 0) is 0 Å². The molecule has 25 heavy (non-hydrogen) atoms. The number of nitrogens with zero attached hydrogens (tertiary/aromatic N) is 5. The predicted molar refractivity (Wildman–Crippen MR) is 93.5 cm³/mol. The number of amides is 2. The molecular weight excluding hydrogens is 320 g/mol. The van der Waals surface area contributed by atoms with E-state index in [9.17, 15) is 4.79 Å². The Kier molecular flexibility index (Phi) is 4.87. The van der Waals surface area contributed by atoms with Crippen molar-refractivity contribution in [2.75, 3.05) is 31.1 Å². The Morgan fingerprint density at radius 3 is 2.56 bits per heavy atom. The number of hydrogen-bond acceptors (Lipinski definition) is 6. The fourth-order valence-electron chi connectivity index (χ4n) is 3.22. The Hall–Kier alpha value is -2.64. The Morgan fingerprint density at radius 1 is 1.24 bits per heavy atom. The van der Waals surface area contributed by atoms with Crippen LogP contribution in [-0.4, -0.2) is 52.2 Å². The molecule has 1 fully saturated rings. The van der Waals surface area contributed by atoms with Crippen LogP contribution in [0.1, 0.15) is 35.8 Å². The van der Waals surface area contributed by atoms with Crippen LogP contribution >= 0.6 is 0 Å². The minimum atomic E-state index is -0.138. The zero-order valence-electron chi connectivity index (χ0n) is 15.1. The maximum absolute atomic E-state index is 12.5. The third-order valence-corrected chi connectivity index (χ3v) is 4.51. The highest BCUT2D eigenvalue weighted by molar-refractivity contribution is 5.75. The van der Waals surface area contributed by atoms with Crippen molar-refractivity contribution in [2.24, 2.45) is 0 Å². The molecule has 1 aliphatic rings. The van der Waals surface area contributed by atoms with E-state index in [2.05, 4.69) is 25.3 Å². The third kappa shape index (κ3) is 3.72. The molecule has 2 amide bonds. The number of piperazine rings is 1. The molecule has 0 radical (unpaired) electrons. The number of nitrogens with one attached hydrogen (secondary N) is 1. The standard InChI is InChI=1S/C17H24N6O2/c1-11(16-12(2)21-25-13(16)3)19-17(24)23-9-7-22(8-10-23)15-5-6-18-14(4)20-15/h5-6,11H,7-10H2,1-4H3,(H,19,24)/t11-/m1/s1. The fourth-order valence-corrected chi connectivity index (χ4v) is 3.22. The van der Waals surface area contributed by atoms with Gasteiger partial charge in [-0.05, 0) is 33.8 Å². The lowest BCUT2D eigenvalue weighted by molar-refractivity contribution is 0.191. The first-order valence-corrected chi connectivity index (χ1v) is 8.48. The average molecular weight is 344 g/mol. The number of urea groups is 1. The second-order valence-electron chi connectivity index (χ2n) is 6.35. The zero-order valence-corrected chi connectivity index (χ0v) is 15.1. The summed E-state index contributed by atoms with van der Waals surface area (Å²) < 4.78 is 5.18. The Labute approximate surface area is 147 Å². The van der Waals surface area contributed by atoms with E-state index in [0.29, 0.717) is 13.1 Å². The lowest BCUT2D eigenvalue weighted by Gasteiger charge is -2.35. The first-order chi connectivity index (χ1) is 12.0. The number of aromatic nitrogens is 3. The summed E-state index contributed by atoms with van der Waals surface area (Å²) in [5.41, 5.74) is 1.76. The van der Waals surface area contributed by atoms with Crippen molar-refractivity contribution in [2.45, 2.75) is 33.7 Å². The van der Waals surface area contributed by atoms with Gasteiger partial charge in [0.05, 0.1) is 11.7 Å². The third-order valence-electron chi connectivity index (χ3n) is 4.51. The van der Waals surface area contributed by atoms with E-state index in [1.165, 1.54) is 0 Å². The van der Waals surface area contributed by atoms with Gasteiger partial charge in [0.2, 0.25) is 0 Å². The minimum absolute atomic E-state index is 0.0639. The molecule has 8 nitrogen and oxygen atoms in total. The van der Waals surface area contributed by atoms with Gasteiger partial charge in [-0.1, -0.05) is 5.16 Å². The van der Waals surface area contributed by atoms with Crippen LogP contribution in [0.4, 0.5) is 10.6 Å². The van der Waals surface area contributed by atoms with Crippen molar-refractivity contribution in [3.05, 3.63) is 35.1 Å². The molecule has 0 spiro atoms. The minimum Gasteiger partial charge on any atom is -0.361 e. The molecule has 1 atom stereocenters. The number of aryl methyl sites for hydroxylation is 3. The van der Waals surface area contributed by atoms with Gasteiger partial charge in [0.25, 0.3) is 0 Å². The summed E-state index contributed by atoms with van der Waals surface area (Å²) in [7, 11) is 0. The molecule has 0 aliphatic carbocycles. The molecule has 0 unspecified atom stereocenters. The van der Waals surface area contributed by atoms with E-state index < -0.39 is 0 Å². The fraction of sp³-hybridized carbons (Fsp3) is 0.529. The van der Waals surface area contributed by atoms with Gasteiger partial charge < -0.3 is 19.6 Å². The van der Waals surface area contributed by atoms with Gasteiger partial charge in [-0.25, -0.2) is 14.8 Å². The van der Waals surface area contributed by atoms with E-state index in [-0.39, 0.29) is 12.1 Å². The molecule has 1 saturated heterocycles. The summed E-state index contributed by atoms with van der Waals surface area (Å²) in [4.78, 5) is 25.1. The van der Waals surface area contributed by atoms with Gasteiger partial charge in [-0.3, -0.25) is 0 Å². The average Bonchev–Trinajstić information content (AvgIpc) is 2.93. The van der Waals surface area contributed by atoms with Crippen molar-refractivity contribution < 1.29 is 9.32 Å². The number of hydrogen-bond donors (Lipinski definition) is 1. The Balaban J connectivity index is 1.56. The van der Waals surface area contributed by atoms with Gasteiger partial charge in [0, 0.05) is 37.9 Å². The monoisotopic (exact) mass is 344 g/mol. The highest BCUT2D eigenvalue weighted by atomic mass is 16.5. The van der Waals surface area contributed by atoms with Crippen LogP contribution in [0.15, 0.2) is 16.8 Å². The van der Waals surface area contributed by atoms with Crippen molar-refractivity contribution >= 4 is 11.8 Å². The Bertz CT molecular complexity index is 732. The molecule has 134 valence electrons. The molecule has 0 saturated carbocycles. The number of rotatable bonds is 3. The summed E-state index contributed by atoms with van der Waals surface area (Å²) >= 11 is 0. The Morgan fingerprint density at radius 2 is 1.96 bits per heavy atom. The van der Waals surface area contributed by atoms with Gasteiger partial charge in [-0.15, -0.1) is 0 Å². The quantitative estimate of drug-likeness (QED) is 0.916. The van der Waals surface area contributed by atoms with Crippen LogP contribution in [0.2, 0.25) is 0 Å². The molecule has 1 aliphatic heterocycles. The maximum Gasteiger partial charge on any atom is 0.317 e. The topological polar surface area (TPSA) is 87.4 Å². The maximum atomic E-state index is 12.5. The highest BCUT2D eigenvalue weighted by Gasteiger charge is 2.25. The number of anilines is 1. The van der Waals surface area contributed by atoms with Crippen molar-refractivity contribution in [1.82, 2.24) is 25.3 Å². The molecule has 3 heterocycles. The van der Waals surface area contributed by atoms with Crippen LogP contribution in [0.5, 0.6) is 0 Å². The first-order valence-electron chi connectivity index (χ1n) is 8.48. The zero-order chi connectivity index (χ0) is 18.0. The molecule has 2 aromatic rings. The van der Waals surface area contributed by atoms with E-state index >= 15 is 0 Å². The summed E-state index contributed by atoms with van der Waals surface area (Å²) in [5.74, 6) is 2.41. The normalized spacial score (nSPS) is 16.0. The van der Waals surface area contributed by atoms with Crippen LogP contribution in [0.25, 0.3) is 0 Å². The second-order valence-corrected chi connectivity index (χ2v) is 6.35. The molecule has 3 rings (SSSR count). The number of carbonyl (C=O) groups is 1. The first kappa shape index (κ1) is 17.2. The summed E-state index contributed by atoms with van der Waals surface area (Å²) in [6, 6.07) is 1.70. The molecule has 0 bridgehead atoms. The molecule has 8 heteroatoms. The molecule has 0 aromatic carbocycles. The van der Waals surface area contributed by atoms with Gasteiger partial charge in [-0.2, -0.15) is 0 Å².